The number of benzene rings is 1. The van der Waals surface area contributed by atoms with Crippen LogP contribution in [0.3, 0.4) is 0 Å². The van der Waals surface area contributed by atoms with E-state index < -0.39 is 0 Å². The Hall–Kier alpha value is -1.11. The number of allylic oxidation sites excluding steroid dienone is 1. The van der Waals surface area contributed by atoms with Crippen LogP contribution in [0.25, 0.3) is 5.83 Å². The van der Waals surface area contributed by atoms with Crippen molar-refractivity contribution in [2.45, 2.75) is 103 Å². The van der Waals surface area contributed by atoms with E-state index in [0.717, 1.165) is 42.6 Å². The van der Waals surface area contributed by atoms with E-state index in [1.165, 1.54) is 69.8 Å². The lowest BCUT2D eigenvalue weighted by atomic mass is 9.68. The zero-order valence-electron chi connectivity index (χ0n) is 18.3. The summed E-state index contributed by atoms with van der Waals surface area (Å²) in [6.07, 6.45) is 19.0. The van der Waals surface area contributed by atoms with Gasteiger partial charge in [-0.05, 0) is 86.7 Å². The molecule has 1 heteroatoms. The van der Waals surface area contributed by atoms with Gasteiger partial charge in [-0.3, -0.25) is 0 Å². The molecule has 0 saturated heterocycles. The SMILES string of the molecule is CCCC/C=C(/F)c1ccc([C@H]2CC[C@H](C3CCC(CCC)CC3)CC2)cc1. The van der Waals surface area contributed by atoms with Gasteiger partial charge < -0.3 is 0 Å². The van der Waals surface area contributed by atoms with E-state index in [4.69, 9.17) is 0 Å². The Kier molecular flexibility index (Phi) is 8.62. The van der Waals surface area contributed by atoms with Crippen molar-refractivity contribution in [3.05, 3.63) is 41.5 Å². The molecule has 0 atom stereocenters. The fourth-order valence-corrected chi connectivity index (χ4v) is 5.75. The average molecular weight is 385 g/mol. The van der Waals surface area contributed by atoms with Crippen LogP contribution < -0.4 is 0 Å². The molecule has 0 unspecified atom stereocenters. The largest absolute Gasteiger partial charge is 0.207 e. The lowest BCUT2D eigenvalue weighted by molar-refractivity contribution is 0.156. The summed E-state index contributed by atoms with van der Waals surface area (Å²) >= 11 is 0. The molecule has 0 aliphatic heterocycles. The van der Waals surface area contributed by atoms with E-state index >= 15 is 0 Å². The van der Waals surface area contributed by atoms with Crippen molar-refractivity contribution in [1.29, 1.82) is 0 Å². The fraction of sp³-hybridized carbons (Fsp3) is 0.704. The fourth-order valence-electron chi connectivity index (χ4n) is 5.75. The molecule has 1 aromatic carbocycles. The van der Waals surface area contributed by atoms with Crippen LogP contribution in [-0.4, -0.2) is 0 Å². The zero-order valence-corrected chi connectivity index (χ0v) is 18.3. The number of halogens is 1. The van der Waals surface area contributed by atoms with Gasteiger partial charge in [-0.15, -0.1) is 0 Å². The molecule has 2 fully saturated rings. The van der Waals surface area contributed by atoms with Crippen LogP contribution in [0.1, 0.15) is 114 Å². The number of rotatable bonds is 8. The van der Waals surface area contributed by atoms with E-state index in [0.29, 0.717) is 5.92 Å². The lowest BCUT2D eigenvalue weighted by Gasteiger charge is -2.38. The highest BCUT2D eigenvalue weighted by molar-refractivity contribution is 5.59. The van der Waals surface area contributed by atoms with Gasteiger partial charge in [0.05, 0.1) is 0 Å². The Morgan fingerprint density at radius 2 is 1.46 bits per heavy atom. The molecule has 0 aromatic heterocycles. The zero-order chi connectivity index (χ0) is 19.8. The van der Waals surface area contributed by atoms with Crippen LogP contribution in [0.15, 0.2) is 30.3 Å². The summed E-state index contributed by atoms with van der Waals surface area (Å²) < 4.78 is 14.2. The van der Waals surface area contributed by atoms with Gasteiger partial charge in [0.1, 0.15) is 5.83 Å². The lowest BCUT2D eigenvalue weighted by Crippen LogP contribution is -2.25. The number of unbranched alkanes of at least 4 members (excludes halogenated alkanes) is 2. The van der Waals surface area contributed by atoms with Gasteiger partial charge in [0.25, 0.3) is 0 Å². The highest BCUT2D eigenvalue weighted by Gasteiger charge is 2.31. The van der Waals surface area contributed by atoms with Crippen molar-refractivity contribution in [3.8, 4) is 0 Å². The maximum absolute atomic E-state index is 14.2. The molecule has 0 heterocycles. The maximum Gasteiger partial charge on any atom is 0.126 e. The molecule has 0 N–H and O–H groups in total. The summed E-state index contributed by atoms with van der Waals surface area (Å²) in [7, 11) is 0. The van der Waals surface area contributed by atoms with E-state index in [2.05, 4.69) is 26.0 Å². The Balaban J connectivity index is 1.46. The minimum atomic E-state index is -0.0533. The Labute approximate surface area is 173 Å². The Morgan fingerprint density at radius 3 is 2.04 bits per heavy atom. The van der Waals surface area contributed by atoms with Crippen molar-refractivity contribution in [2.24, 2.45) is 17.8 Å². The van der Waals surface area contributed by atoms with Crippen LogP contribution in [0.2, 0.25) is 0 Å². The second-order valence-electron chi connectivity index (χ2n) is 9.50. The summed E-state index contributed by atoms with van der Waals surface area (Å²) in [5.74, 6) is 3.62. The first kappa shape index (κ1) is 21.6. The normalized spacial score (nSPS) is 29.0. The second-order valence-corrected chi connectivity index (χ2v) is 9.50. The molecule has 0 amide bonds. The van der Waals surface area contributed by atoms with Gasteiger partial charge in [0.2, 0.25) is 0 Å². The van der Waals surface area contributed by atoms with Gasteiger partial charge in [-0.1, -0.05) is 70.2 Å². The summed E-state index contributed by atoms with van der Waals surface area (Å²) in [6, 6.07) is 8.36. The van der Waals surface area contributed by atoms with E-state index in [1.807, 2.05) is 12.1 Å². The van der Waals surface area contributed by atoms with E-state index in [1.54, 1.807) is 6.08 Å². The minimum absolute atomic E-state index is 0.0533. The third kappa shape index (κ3) is 5.94. The smallest absolute Gasteiger partial charge is 0.126 e. The predicted molar refractivity (Wildman–Crippen MR) is 120 cm³/mol. The van der Waals surface area contributed by atoms with Crippen LogP contribution in [-0.2, 0) is 0 Å². The first-order chi connectivity index (χ1) is 13.7. The molecular formula is C27H41F. The molecule has 2 aliphatic rings. The molecule has 0 radical (unpaired) electrons. The van der Waals surface area contributed by atoms with Gasteiger partial charge >= 0.3 is 0 Å². The quantitative estimate of drug-likeness (QED) is 0.392. The molecule has 0 bridgehead atoms. The molecular weight excluding hydrogens is 343 g/mol. The maximum atomic E-state index is 14.2. The van der Waals surface area contributed by atoms with E-state index in [-0.39, 0.29) is 5.83 Å². The van der Waals surface area contributed by atoms with Crippen molar-refractivity contribution < 1.29 is 4.39 Å². The highest BCUT2D eigenvalue weighted by Crippen LogP contribution is 2.44. The monoisotopic (exact) mass is 384 g/mol. The summed E-state index contributed by atoms with van der Waals surface area (Å²) in [5.41, 5.74) is 2.17. The van der Waals surface area contributed by atoms with Crippen LogP contribution in [0.4, 0.5) is 4.39 Å². The summed E-state index contributed by atoms with van der Waals surface area (Å²) in [6.45, 7) is 4.48. The summed E-state index contributed by atoms with van der Waals surface area (Å²) in [4.78, 5) is 0. The molecule has 156 valence electrons. The van der Waals surface area contributed by atoms with Crippen molar-refractivity contribution >= 4 is 5.83 Å². The standard InChI is InChI=1S/C27H41F/c1-3-5-6-8-27(28)26-19-17-25(18-20-26)24-15-13-23(14-16-24)22-11-9-21(7-4-2)10-12-22/h8,17-24H,3-7,9-16H2,1-2H3/b27-8+/t21?,22?,23-,24-. The van der Waals surface area contributed by atoms with Gasteiger partial charge in [-0.2, -0.15) is 0 Å². The third-order valence-corrected chi connectivity index (χ3v) is 7.57. The molecule has 2 aliphatic carbocycles. The summed E-state index contributed by atoms with van der Waals surface area (Å²) in [5, 5.41) is 0. The Morgan fingerprint density at radius 1 is 0.857 bits per heavy atom. The molecule has 3 rings (SSSR count). The average Bonchev–Trinajstić information content (AvgIpc) is 2.75. The van der Waals surface area contributed by atoms with Gasteiger partial charge in [0, 0.05) is 5.56 Å². The predicted octanol–water partition coefficient (Wildman–Crippen LogP) is 9.07. The van der Waals surface area contributed by atoms with Crippen LogP contribution >= 0.6 is 0 Å². The minimum Gasteiger partial charge on any atom is -0.207 e. The highest BCUT2D eigenvalue weighted by atomic mass is 19.1. The topological polar surface area (TPSA) is 0 Å². The number of hydrogen-bond acceptors (Lipinski definition) is 0. The second kappa shape index (κ2) is 11.2. The first-order valence-electron chi connectivity index (χ1n) is 12.2. The van der Waals surface area contributed by atoms with Crippen molar-refractivity contribution in [2.75, 3.05) is 0 Å². The van der Waals surface area contributed by atoms with Crippen molar-refractivity contribution in [1.82, 2.24) is 0 Å². The number of hydrogen-bond donors (Lipinski definition) is 0. The van der Waals surface area contributed by atoms with Crippen LogP contribution in [0.5, 0.6) is 0 Å². The Bertz CT molecular complexity index is 583. The van der Waals surface area contributed by atoms with Crippen LogP contribution in [0, 0.1) is 17.8 Å². The van der Waals surface area contributed by atoms with E-state index in [9.17, 15) is 4.39 Å². The first-order valence-corrected chi connectivity index (χ1v) is 12.2. The third-order valence-electron chi connectivity index (χ3n) is 7.57. The van der Waals surface area contributed by atoms with Gasteiger partial charge in [0.15, 0.2) is 0 Å². The molecule has 2 saturated carbocycles. The van der Waals surface area contributed by atoms with Gasteiger partial charge in [-0.25, -0.2) is 4.39 Å². The molecule has 0 nitrogen and oxygen atoms in total. The molecule has 1 aromatic rings. The van der Waals surface area contributed by atoms with Crippen molar-refractivity contribution in [3.63, 3.8) is 0 Å². The molecule has 28 heavy (non-hydrogen) atoms. The molecule has 0 spiro atoms.